The van der Waals surface area contributed by atoms with Crippen molar-refractivity contribution < 1.29 is 4.79 Å². The van der Waals surface area contributed by atoms with E-state index >= 15 is 0 Å². The zero-order valence-corrected chi connectivity index (χ0v) is 14.4. The molecule has 2 N–H and O–H groups in total. The highest BCUT2D eigenvalue weighted by molar-refractivity contribution is 7.98. The second-order valence-electron chi connectivity index (χ2n) is 5.91. The number of amides is 1. The third-order valence-corrected chi connectivity index (χ3v) is 5.01. The Hall–Kier alpha value is -1.20. The monoisotopic (exact) mass is 321 g/mol. The van der Waals surface area contributed by atoms with Gasteiger partial charge in [-0.15, -0.1) is 0 Å². The summed E-state index contributed by atoms with van der Waals surface area (Å²) in [6.07, 6.45) is 4.96. The molecule has 1 aliphatic rings. The van der Waals surface area contributed by atoms with Gasteiger partial charge in [0, 0.05) is 31.9 Å². The molecule has 5 heteroatoms. The van der Waals surface area contributed by atoms with E-state index in [0.29, 0.717) is 0 Å². The molecular weight excluding hydrogens is 294 g/mol. The maximum Gasteiger partial charge on any atom is 0.239 e. The van der Waals surface area contributed by atoms with Gasteiger partial charge in [-0.05, 0) is 43.4 Å². The summed E-state index contributed by atoms with van der Waals surface area (Å²) < 4.78 is 0. The van der Waals surface area contributed by atoms with Crippen LogP contribution in [-0.4, -0.2) is 55.0 Å². The van der Waals surface area contributed by atoms with Crippen molar-refractivity contribution in [2.45, 2.75) is 31.3 Å². The molecule has 0 spiro atoms. The van der Waals surface area contributed by atoms with E-state index in [-0.39, 0.29) is 18.0 Å². The first-order chi connectivity index (χ1) is 10.6. The number of benzene rings is 1. The van der Waals surface area contributed by atoms with E-state index in [4.69, 9.17) is 5.73 Å². The maximum atomic E-state index is 12.5. The number of hydrogen-bond donors (Lipinski definition) is 1. The highest BCUT2D eigenvalue weighted by Crippen LogP contribution is 2.22. The summed E-state index contributed by atoms with van der Waals surface area (Å²) in [6, 6.07) is 10.3. The van der Waals surface area contributed by atoms with Gasteiger partial charge in [-0.1, -0.05) is 18.2 Å². The van der Waals surface area contributed by atoms with Crippen LogP contribution in [0.2, 0.25) is 0 Å². The fourth-order valence-electron chi connectivity index (χ4n) is 2.95. The second-order valence-corrected chi connectivity index (χ2v) is 6.90. The summed E-state index contributed by atoms with van der Waals surface area (Å²) in [6.45, 7) is 1.95. The van der Waals surface area contributed by atoms with E-state index in [1.54, 1.807) is 11.8 Å². The molecule has 0 bridgehead atoms. The van der Waals surface area contributed by atoms with E-state index in [0.717, 1.165) is 38.1 Å². The quantitative estimate of drug-likeness (QED) is 0.872. The van der Waals surface area contributed by atoms with Crippen LogP contribution in [0.5, 0.6) is 0 Å². The van der Waals surface area contributed by atoms with E-state index in [9.17, 15) is 4.79 Å². The lowest BCUT2D eigenvalue weighted by Crippen LogP contribution is -2.52. The predicted molar refractivity (Wildman–Crippen MR) is 95.4 cm³/mol. The summed E-state index contributed by atoms with van der Waals surface area (Å²) >= 11 is 1.73. The van der Waals surface area contributed by atoms with Gasteiger partial charge in [0.25, 0.3) is 0 Å². The van der Waals surface area contributed by atoms with Crippen LogP contribution in [0, 0.1) is 0 Å². The van der Waals surface area contributed by atoms with Gasteiger partial charge < -0.3 is 15.5 Å². The minimum Gasteiger partial charge on any atom is -0.369 e. The van der Waals surface area contributed by atoms with Gasteiger partial charge in [0.1, 0.15) is 0 Å². The topological polar surface area (TPSA) is 49.6 Å². The van der Waals surface area contributed by atoms with Crippen LogP contribution in [0.3, 0.4) is 0 Å². The number of likely N-dealkylation sites (N-methyl/N-ethyl adjacent to an activating group) is 1. The van der Waals surface area contributed by atoms with Crippen LogP contribution in [0.25, 0.3) is 0 Å². The number of carbonyl (C=O) groups excluding carboxylic acids is 1. The van der Waals surface area contributed by atoms with Gasteiger partial charge in [0.05, 0.1) is 6.04 Å². The smallest absolute Gasteiger partial charge is 0.239 e. The van der Waals surface area contributed by atoms with E-state index in [1.165, 1.54) is 5.69 Å². The molecule has 22 heavy (non-hydrogen) atoms. The molecule has 2 atom stereocenters. The molecule has 1 fully saturated rings. The fourth-order valence-corrected chi connectivity index (χ4v) is 3.44. The lowest BCUT2D eigenvalue weighted by Gasteiger charge is -2.39. The van der Waals surface area contributed by atoms with Gasteiger partial charge in [0.15, 0.2) is 0 Å². The van der Waals surface area contributed by atoms with Crippen molar-refractivity contribution in [1.82, 2.24) is 4.90 Å². The zero-order chi connectivity index (χ0) is 15.9. The fraction of sp³-hybridized carbons (Fsp3) is 0.588. The Morgan fingerprint density at radius 3 is 2.86 bits per heavy atom. The average molecular weight is 321 g/mol. The molecule has 1 heterocycles. The lowest BCUT2D eigenvalue weighted by molar-refractivity contribution is -0.133. The van der Waals surface area contributed by atoms with Gasteiger partial charge in [-0.3, -0.25) is 4.79 Å². The highest BCUT2D eigenvalue weighted by Gasteiger charge is 2.28. The Labute approximate surface area is 138 Å². The summed E-state index contributed by atoms with van der Waals surface area (Å²) in [7, 11) is 1.90. The number of piperidine rings is 1. The summed E-state index contributed by atoms with van der Waals surface area (Å²) in [5, 5.41) is 0. The first-order valence-corrected chi connectivity index (χ1v) is 9.34. The molecule has 2 rings (SSSR count). The molecule has 0 aromatic heterocycles. The van der Waals surface area contributed by atoms with Crippen molar-refractivity contribution >= 4 is 23.4 Å². The summed E-state index contributed by atoms with van der Waals surface area (Å²) in [5.41, 5.74) is 7.27. The van der Waals surface area contributed by atoms with Crippen molar-refractivity contribution in [1.29, 1.82) is 0 Å². The van der Waals surface area contributed by atoms with E-state index < -0.39 is 0 Å². The molecule has 1 aromatic carbocycles. The number of thioether (sulfide) groups is 1. The Kier molecular flexibility index (Phi) is 6.58. The van der Waals surface area contributed by atoms with Gasteiger partial charge in [0.2, 0.25) is 5.91 Å². The Bertz CT molecular complexity index is 468. The molecule has 4 nitrogen and oxygen atoms in total. The second kappa shape index (κ2) is 8.44. The molecule has 122 valence electrons. The number of nitrogens with two attached hydrogens (primary N) is 1. The molecule has 0 saturated carbocycles. The van der Waals surface area contributed by atoms with Gasteiger partial charge in [-0.2, -0.15) is 11.8 Å². The van der Waals surface area contributed by atoms with Crippen LogP contribution in [0.1, 0.15) is 19.3 Å². The highest BCUT2D eigenvalue weighted by atomic mass is 32.2. The first kappa shape index (κ1) is 17.2. The number of para-hydroxylation sites is 1. The third-order valence-electron chi connectivity index (χ3n) is 4.36. The van der Waals surface area contributed by atoms with Crippen molar-refractivity contribution in [3.8, 4) is 0 Å². The third kappa shape index (κ3) is 4.40. The molecule has 0 aliphatic carbocycles. The zero-order valence-electron chi connectivity index (χ0n) is 13.6. The van der Waals surface area contributed by atoms with Crippen molar-refractivity contribution in [2.75, 3.05) is 37.0 Å². The number of carbonyl (C=O) groups is 1. The number of rotatable bonds is 6. The standard InChI is InChI=1S/C17H27N3OS/c1-19(17(21)16(18)10-12-22-2)15-9-6-11-20(13-15)14-7-4-3-5-8-14/h3-5,7-8,15-16H,6,9-13,18H2,1-2H3/t15?,16-/m0/s1. The Morgan fingerprint density at radius 1 is 1.45 bits per heavy atom. The molecule has 1 saturated heterocycles. The molecule has 0 radical (unpaired) electrons. The summed E-state index contributed by atoms with van der Waals surface area (Å²) in [4.78, 5) is 16.7. The van der Waals surface area contributed by atoms with E-state index in [2.05, 4.69) is 29.2 Å². The molecule has 1 unspecified atom stereocenters. The van der Waals surface area contributed by atoms with Crippen LogP contribution >= 0.6 is 11.8 Å². The minimum absolute atomic E-state index is 0.0777. The molecule has 1 amide bonds. The number of anilines is 1. The average Bonchev–Trinajstić information content (AvgIpc) is 2.59. The van der Waals surface area contributed by atoms with Crippen molar-refractivity contribution in [2.24, 2.45) is 5.73 Å². The van der Waals surface area contributed by atoms with Gasteiger partial charge in [-0.25, -0.2) is 0 Å². The van der Waals surface area contributed by atoms with Gasteiger partial charge >= 0.3 is 0 Å². The van der Waals surface area contributed by atoms with E-state index in [1.807, 2.05) is 24.3 Å². The lowest BCUT2D eigenvalue weighted by atomic mass is 10.0. The minimum atomic E-state index is -0.371. The largest absolute Gasteiger partial charge is 0.369 e. The Balaban J connectivity index is 1.95. The number of nitrogens with zero attached hydrogens (tertiary/aromatic N) is 2. The van der Waals surface area contributed by atoms with Crippen LogP contribution in [0.15, 0.2) is 30.3 Å². The molecule has 1 aromatic rings. The SMILES string of the molecule is CSCC[C@H](N)C(=O)N(C)C1CCCN(c2ccccc2)C1. The molecular formula is C17H27N3OS. The first-order valence-electron chi connectivity index (χ1n) is 7.94. The van der Waals surface area contributed by atoms with Crippen LogP contribution < -0.4 is 10.6 Å². The normalized spacial score (nSPS) is 19.8. The summed E-state index contributed by atoms with van der Waals surface area (Å²) in [5.74, 6) is 1.01. The van der Waals surface area contributed by atoms with Crippen LogP contribution in [-0.2, 0) is 4.79 Å². The predicted octanol–water partition coefficient (Wildman–Crippen LogP) is 2.19. The van der Waals surface area contributed by atoms with Crippen molar-refractivity contribution in [3.63, 3.8) is 0 Å². The maximum absolute atomic E-state index is 12.5. The van der Waals surface area contributed by atoms with Crippen LogP contribution in [0.4, 0.5) is 5.69 Å². The Morgan fingerprint density at radius 2 is 2.18 bits per heavy atom. The molecule has 1 aliphatic heterocycles. The number of hydrogen-bond acceptors (Lipinski definition) is 4. The van der Waals surface area contributed by atoms with Crippen molar-refractivity contribution in [3.05, 3.63) is 30.3 Å².